The highest BCUT2D eigenvalue weighted by atomic mass is 32.1. The molecule has 1 N–H and O–H groups in total. The zero-order valence-corrected chi connectivity index (χ0v) is 12.6. The smallest absolute Gasteiger partial charge is 0.195 e. The van der Waals surface area contributed by atoms with Gasteiger partial charge in [-0.3, -0.25) is 0 Å². The Morgan fingerprint density at radius 1 is 1.42 bits per heavy atom. The SMILES string of the molecule is Cc1nc(-c2cnc(CCCNCC(C)C)o2)cs1. The van der Waals surface area contributed by atoms with Gasteiger partial charge in [-0.2, -0.15) is 0 Å². The minimum absolute atomic E-state index is 0.696. The van der Waals surface area contributed by atoms with Gasteiger partial charge in [0.2, 0.25) is 0 Å². The highest BCUT2D eigenvalue weighted by molar-refractivity contribution is 7.09. The zero-order valence-electron chi connectivity index (χ0n) is 11.8. The minimum atomic E-state index is 0.696. The third kappa shape index (κ3) is 4.44. The maximum atomic E-state index is 5.72. The molecule has 104 valence electrons. The fraction of sp³-hybridized carbons (Fsp3) is 0.571. The van der Waals surface area contributed by atoms with E-state index in [1.807, 2.05) is 12.3 Å². The first-order valence-electron chi connectivity index (χ1n) is 6.73. The fourth-order valence-electron chi connectivity index (χ4n) is 1.78. The van der Waals surface area contributed by atoms with Gasteiger partial charge in [0.15, 0.2) is 11.7 Å². The highest BCUT2D eigenvalue weighted by Crippen LogP contribution is 2.22. The molecule has 0 aliphatic rings. The molecule has 0 bridgehead atoms. The lowest BCUT2D eigenvalue weighted by Crippen LogP contribution is -2.21. The molecule has 4 nitrogen and oxygen atoms in total. The number of hydrogen-bond donors (Lipinski definition) is 1. The molecule has 0 atom stereocenters. The van der Waals surface area contributed by atoms with Gasteiger partial charge in [0.25, 0.3) is 0 Å². The first kappa shape index (κ1) is 14.2. The Morgan fingerprint density at radius 2 is 2.26 bits per heavy atom. The molecule has 0 amide bonds. The summed E-state index contributed by atoms with van der Waals surface area (Å²) < 4.78 is 5.72. The van der Waals surface area contributed by atoms with Crippen LogP contribution in [0.4, 0.5) is 0 Å². The van der Waals surface area contributed by atoms with Crippen molar-refractivity contribution >= 4 is 11.3 Å². The van der Waals surface area contributed by atoms with Gasteiger partial charge in [-0.25, -0.2) is 9.97 Å². The van der Waals surface area contributed by atoms with Crippen molar-refractivity contribution in [1.82, 2.24) is 15.3 Å². The predicted molar refractivity (Wildman–Crippen MR) is 78.4 cm³/mol. The van der Waals surface area contributed by atoms with E-state index in [0.717, 1.165) is 48.3 Å². The average Bonchev–Trinajstić information content (AvgIpc) is 2.97. The van der Waals surface area contributed by atoms with Crippen LogP contribution in [0.15, 0.2) is 16.0 Å². The molecular formula is C14H21N3OS. The second-order valence-corrected chi connectivity index (χ2v) is 6.13. The van der Waals surface area contributed by atoms with Crippen molar-refractivity contribution in [3.63, 3.8) is 0 Å². The van der Waals surface area contributed by atoms with E-state index in [9.17, 15) is 0 Å². The lowest BCUT2D eigenvalue weighted by Gasteiger charge is -2.05. The summed E-state index contributed by atoms with van der Waals surface area (Å²) in [7, 11) is 0. The van der Waals surface area contributed by atoms with E-state index in [2.05, 4.69) is 29.1 Å². The molecular weight excluding hydrogens is 258 g/mol. The highest BCUT2D eigenvalue weighted by Gasteiger charge is 2.08. The van der Waals surface area contributed by atoms with Crippen LogP contribution in [0, 0.1) is 12.8 Å². The van der Waals surface area contributed by atoms with Crippen LogP contribution in [0.2, 0.25) is 0 Å². The Balaban J connectivity index is 1.78. The standard InChI is InChI=1S/C14H21N3OS/c1-10(2)7-15-6-4-5-14-16-8-13(18-14)12-9-19-11(3)17-12/h8-10,15H,4-7H2,1-3H3. The van der Waals surface area contributed by atoms with Crippen LogP contribution in [0.25, 0.3) is 11.5 Å². The fourth-order valence-corrected chi connectivity index (χ4v) is 2.38. The Morgan fingerprint density at radius 3 is 2.95 bits per heavy atom. The quantitative estimate of drug-likeness (QED) is 0.790. The summed E-state index contributed by atoms with van der Waals surface area (Å²) in [5, 5.41) is 6.47. The first-order chi connectivity index (χ1) is 9.15. The Hall–Kier alpha value is -1.20. The molecule has 0 unspecified atom stereocenters. The lowest BCUT2D eigenvalue weighted by molar-refractivity contribution is 0.482. The van der Waals surface area contributed by atoms with E-state index in [4.69, 9.17) is 4.42 Å². The third-order valence-electron chi connectivity index (χ3n) is 2.72. The van der Waals surface area contributed by atoms with Gasteiger partial charge in [-0.05, 0) is 32.4 Å². The van der Waals surface area contributed by atoms with Gasteiger partial charge in [0.05, 0.1) is 11.2 Å². The summed E-state index contributed by atoms with van der Waals surface area (Å²) in [5.41, 5.74) is 0.888. The van der Waals surface area contributed by atoms with Crippen LogP contribution in [0.3, 0.4) is 0 Å². The number of aryl methyl sites for hydroxylation is 2. The molecule has 0 fully saturated rings. The maximum Gasteiger partial charge on any atom is 0.195 e. The third-order valence-corrected chi connectivity index (χ3v) is 3.50. The normalized spacial score (nSPS) is 11.4. The summed E-state index contributed by atoms with van der Waals surface area (Å²) in [6.45, 7) is 8.49. The first-order valence-corrected chi connectivity index (χ1v) is 7.61. The van der Waals surface area contributed by atoms with Gasteiger partial charge in [0, 0.05) is 11.8 Å². The van der Waals surface area contributed by atoms with Crippen LogP contribution < -0.4 is 5.32 Å². The van der Waals surface area contributed by atoms with E-state index in [0.29, 0.717) is 5.92 Å². The molecule has 2 aromatic heterocycles. The number of nitrogens with zero attached hydrogens (tertiary/aromatic N) is 2. The number of oxazole rings is 1. The van der Waals surface area contributed by atoms with Crippen molar-refractivity contribution in [2.75, 3.05) is 13.1 Å². The molecule has 0 aromatic carbocycles. The zero-order chi connectivity index (χ0) is 13.7. The van der Waals surface area contributed by atoms with Gasteiger partial charge in [0.1, 0.15) is 5.69 Å². The van der Waals surface area contributed by atoms with Crippen LogP contribution in [-0.4, -0.2) is 23.1 Å². The van der Waals surface area contributed by atoms with Crippen molar-refractivity contribution in [2.24, 2.45) is 5.92 Å². The van der Waals surface area contributed by atoms with Crippen LogP contribution in [-0.2, 0) is 6.42 Å². The molecule has 5 heteroatoms. The number of hydrogen-bond acceptors (Lipinski definition) is 5. The summed E-state index contributed by atoms with van der Waals surface area (Å²) in [6, 6.07) is 0. The predicted octanol–water partition coefficient (Wildman–Crippen LogP) is 3.28. The summed E-state index contributed by atoms with van der Waals surface area (Å²) in [5.74, 6) is 2.27. The molecule has 0 aliphatic heterocycles. The molecule has 2 rings (SSSR count). The van der Waals surface area contributed by atoms with Gasteiger partial charge in [-0.1, -0.05) is 13.8 Å². The molecule has 0 aliphatic carbocycles. The second-order valence-electron chi connectivity index (χ2n) is 5.07. The van der Waals surface area contributed by atoms with Crippen LogP contribution >= 0.6 is 11.3 Å². The summed E-state index contributed by atoms with van der Waals surface area (Å²) in [6.07, 6.45) is 3.68. The van der Waals surface area contributed by atoms with Crippen molar-refractivity contribution in [1.29, 1.82) is 0 Å². The van der Waals surface area contributed by atoms with Gasteiger partial charge >= 0.3 is 0 Å². The Bertz CT molecular complexity index is 504. The molecule has 0 spiro atoms. The number of thiazole rings is 1. The minimum Gasteiger partial charge on any atom is -0.439 e. The van der Waals surface area contributed by atoms with E-state index < -0.39 is 0 Å². The largest absolute Gasteiger partial charge is 0.439 e. The van der Waals surface area contributed by atoms with Crippen molar-refractivity contribution in [2.45, 2.75) is 33.6 Å². The van der Waals surface area contributed by atoms with Crippen molar-refractivity contribution in [3.8, 4) is 11.5 Å². The Labute approximate surface area is 118 Å². The summed E-state index contributed by atoms with van der Waals surface area (Å²) >= 11 is 1.63. The number of nitrogens with one attached hydrogen (secondary N) is 1. The van der Waals surface area contributed by atoms with Gasteiger partial charge < -0.3 is 9.73 Å². The van der Waals surface area contributed by atoms with Crippen molar-refractivity contribution < 1.29 is 4.42 Å². The second kappa shape index (κ2) is 6.82. The molecule has 19 heavy (non-hydrogen) atoms. The molecule has 2 heterocycles. The molecule has 0 saturated heterocycles. The summed E-state index contributed by atoms with van der Waals surface area (Å²) in [4.78, 5) is 8.70. The van der Waals surface area contributed by atoms with E-state index >= 15 is 0 Å². The lowest BCUT2D eigenvalue weighted by atomic mass is 10.2. The van der Waals surface area contributed by atoms with Crippen molar-refractivity contribution in [3.05, 3.63) is 22.5 Å². The molecule has 0 saturated carbocycles. The average molecular weight is 279 g/mol. The van der Waals surface area contributed by atoms with E-state index in [-0.39, 0.29) is 0 Å². The number of rotatable bonds is 7. The topological polar surface area (TPSA) is 51.0 Å². The van der Waals surface area contributed by atoms with Gasteiger partial charge in [-0.15, -0.1) is 11.3 Å². The molecule has 0 radical (unpaired) electrons. The molecule has 2 aromatic rings. The van der Waals surface area contributed by atoms with E-state index in [1.165, 1.54) is 0 Å². The van der Waals surface area contributed by atoms with E-state index in [1.54, 1.807) is 17.5 Å². The monoisotopic (exact) mass is 279 g/mol. The Kier molecular flexibility index (Phi) is 5.10. The number of aromatic nitrogens is 2. The maximum absolute atomic E-state index is 5.72. The van der Waals surface area contributed by atoms with Crippen LogP contribution in [0.5, 0.6) is 0 Å². The van der Waals surface area contributed by atoms with Crippen LogP contribution in [0.1, 0.15) is 31.2 Å².